The Hall–Kier alpha value is -6.77. The van der Waals surface area contributed by atoms with Gasteiger partial charge in [0.05, 0.1) is 35.6 Å². The lowest BCUT2D eigenvalue weighted by molar-refractivity contribution is -0.180. The summed E-state index contributed by atoms with van der Waals surface area (Å²) in [5.41, 5.74) is 19.8. The van der Waals surface area contributed by atoms with Crippen molar-refractivity contribution in [2.45, 2.75) is 76.1 Å². The zero-order chi connectivity index (χ0) is 51.3. The van der Waals surface area contributed by atoms with Crippen molar-refractivity contribution < 1.29 is 62.9 Å². The van der Waals surface area contributed by atoms with Gasteiger partial charge in [-0.25, -0.2) is 24.6 Å². The van der Waals surface area contributed by atoms with Crippen LogP contribution in [-0.4, -0.2) is 134 Å². The number of hydrogen-bond acceptors (Lipinski definition) is 20. The van der Waals surface area contributed by atoms with Crippen molar-refractivity contribution in [2.75, 3.05) is 44.2 Å². The number of benzene rings is 2. The average Bonchev–Trinajstić information content (AvgIpc) is 3.98. The van der Waals surface area contributed by atoms with E-state index in [1.807, 2.05) is 6.07 Å². The molecule has 4 aromatic rings. The van der Waals surface area contributed by atoms with Crippen LogP contribution in [0.2, 0.25) is 11.6 Å². The summed E-state index contributed by atoms with van der Waals surface area (Å²) in [7, 11) is -2.66. The van der Waals surface area contributed by atoms with Crippen molar-refractivity contribution in [1.29, 1.82) is 0 Å². The summed E-state index contributed by atoms with van der Waals surface area (Å²) >= 11 is 2.23. The van der Waals surface area contributed by atoms with Gasteiger partial charge in [-0.05, 0) is 75.3 Å². The number of hydroxylamine groups is 2. The SMILES string of the molecule is CC(=O)c1cccc2c1OB(O)[C@@H](CC(=O)C(NC(=O)N1CCC(CN)CC1)c1csc(N)n1)C2.CC(=O)c1cccc2c1OB(O)[C@@H](CC(=O)C(NC(=O)N1CCN(O)C(=O)C1=O)c1csc(N)n1)C2. The number of para-hydroxylation sites is 2. The number of amides is 6. The lowest BCUT2D eigenvalue weighted by atomic mass is 9.64. The fourth-order valence-corrected chi connectivity index (χ4v) is 9.91. The first-order valence-corrected chi connectivity index (χ1v) is 24.4. The molecule has 0 saturated carbocycles. The van der Waals surface area contributed by atoms with Crippen LogP contribution in [0.3, 0.4) is 0 Å². The molecule has 4 aliphatic rings. The number of nitrogens with two attached hydrogens (primary N) is 3. The largest absolute Gasteiger partial charge is 0.535 e. The maximum Gasteiger partial charge on any atom is 0.526 e. The Labute approximate surface area is 415 Å². The van der Waals surface area contributed by atoms with Gasteiger partial charge in [-0.2, -0.15) is 0 Å². The molecule has 8 rings (SSSR count). The Morgan fingerprint density at radius 2 is 1.20 bits per heavy atom. The molecule has 0 spiro atoms. The summed E-state index contributed by atoms with van der Waals surface area (Å²) in [6.07, 6.45) is 1.93. The fraction of sp³-hybridized carbons (Fsp3) is 0.409. The summed E-state index contributed by atoms with van der Waals surface area (Å²) in [5.74, 6) is -4.01. The number of thiazole rings is 2. The molecule has 0 aliphatic carbocycles. The lowest BCUT2D eigenvalue weighted by Gasteiger charge is -2.33. The number of piperidine rings is 1. The number of urea groups is 2. The van der Waals surface area contributed by atoms with Crippen LogP contribution in [-0.2, 0) is 32.0 Å². The van der Waals surface area contributed by atoms with E-state index in [4.69, 9.17) is 26.5 Å². The quantitative estimate of drug-likeness (QED) is 0.0411. The number of likely N-dealkylation sites (tertiary alicyclic amines) is 1. The number of piperazine rings is 1. The van der Waals surface area contributed by atoms with Crippen LogP contribution in [0.15, 0.2) is 47.2 Å². The average molecular weight is 1010 g/mol. The molecule has 4 aliphatic heterocycles. The summed E-state index contributed by atoms with van der Waals surface area (Å²) in [4.78, 5) is 111. The van der Waals surface area contributed by atoms with Crippen LogP contribution in [0.4, 0.5) is 19.9 Å². The molecule has 4 atom stereocenters. The number of carbonyl (C=O) groups is 8. The van der Waals surface area contributed by atoms with Crippen molar-refractivity contribution in [2.24, 2.45) is 11.7 Å². The van der Waals surface area contributed by atoms with Crippen molar-refractivity contribution in [3.05, 3.63) is 80.8 Å². The maximum absolute atomic E-state index is 13.4. The topological polar surface area (TPSA) is 353 Å². The summed E-state index contributed by atoms with van der Waals surface area (Å²) in [6.45, 7) is 3.98. The number of anilines is 2. The normalized spacial score (nSPS) is 18.7. The summed E-state index contributed by atoms with van der Waals surface area (Å²) < 4.78 is 11.2. The number of carbonyl (C=O) groups excluding carboxylic acids is 8. The lowest BCUT2D eigenvalue weighted by Crippen LogP contribution is -2.58. The molecule has 11 N–H and O–H groups in total. The smallest absolute Gasteiger partial charge is 0.526 e. The van der Waals surface area contributed by atoms with Gasteiger partial charge in [0.1, 0.15) is 23.6 Å². The number of ketones is 4. The third kappa shape index (κ3) is 12.1. The van der Waals surface area contributed by atoms with E-state index in [-0.39, 0.29) is 77.4 Å². The summed E-state index contributed by atoms with van der Waals surface area (Å²) in [5, 5.41) is 39.6. The molecular weight excluding hydrogens is 962 g/mol. The Morgan fingerprint density at radius 1 is 0.732 bits per heavy atom. The molecule has 2 fully saturated rings. The second-order valence-corrected chi connectivity index (χ2v) is 19.3. The predicted molar refractivity (Wildman–Crippen MR) is 258 cm³/mol. The molecule has 6 amide bonds. The maximum atomic E-state index is 13.4. The fourth-order valence-electron chi connectivity index (χ4n) is 8.73. The van der Waals surface area contributed by atoms with Crippen LogP contribution in [0.1, 0.15) is 94.8 Å². The van der Waals surface area contributed by atoms with Crippen molar-refractivity contribution in [3.8, 4) is 11.5 Å². The number of aromatic nitrogens is 2. The molecule has 374 valence electrons. The van der Waals surface area contributed by atoms with Gasteiger partial charge in [-0.3, -0.25) is 38.9 Å². The Kier molecular flexibility index (Phi) is 16.5. The minimum Gasteiger partial charge on any atom is -0.535 e. The first-order valence-electron chi connectivity index (χ1n) is 22.6. The van der Waals surface area contributed by atoms with Gasteiger partial charge in [0, 0.05) is 48.3 Å². The van der Waals surface area contributed by atoms with E-state index in [0.717, 1.165) is 29.7 Å². The van der Waals surface area contributed by atoms with Crippen molar-refractivity contribution >= 4 is 94.2 Å². The Bertz CT molecular complexity index is 2720. The third-order valence-corrected chi connectivity index (χ3v) is 14.0. The Balaban J connectivity index is 0.000000209. The summed E-state index contributed by atoms with van der Waals surface area (Å²) in [6, 6.07) is 6.51. The van der Waals surface area contributed by atoms with Gasteiger partial charge in [0.15, 0.2) is 33.4 Å². The number of nitrogens with zero attached hydrogens (tertiary/aromatic N) is 5. The van der Waals surface area contributed by atoms with Crippen LogP contribution in [0.5, 0.6) is 11.5 Å². The molecule has 0 radical (unpaired) electrons. The van der Waals surface area contributed by atoms with Crippen molar-refractivity contribution in [1.82, 2.24) is 35.5 Å². The standard InChI is InChI=1S/C23H30BN5O5S.C21H22BN5O8S/c1-13(30)17-4-2-3-15-9-16(24(33)34-21(15)17)10-19(31)20(18-12-35-22(26)27-18)28-23(32)29-7-5-14(11-25)6-8-29;1-10(28)13-4-2-3-11-7-12(22(33)35-17(11)13)8-15(29)16(14-9-36-20(23)24-14)25-21(32)26-5-6-27(34)19(31)18(26)30/h2-4,12,14,16,20,33H,5-11,25H2,1H3,(H2,26,27)(H,28,32);2-4,9,12,16,33-34H,5-8H2,1H3,(H2,23,24)(H,25,32)/t16-,20?;12-,16?/m11/s1. The molecule has 23 nitrogen and oxygen atoms in total. The molecule has 2 aromatic carbocycles. The highest BCUT2D eigenvalue weighted by Crippen LogP contribution is 2.39. The van der Waals surface area contributed by atoms with Gasteiger partial charge in [0.25, 0.3) is 0 Å². The van der Waals surface area contributed by atoms with E-state index in [9.17, 15) is 53.6 Å². The monoisotopic (exact) mass is 1010 g/mol. The molecule has 27 heteroatoms. The molecule has 2 aromatic heterocycles. The van der Waals surface area contributed by atoms with Crippen LogP contribution < -0.4 is 37.1 Å². The third-order valence-electron chi connectivity index (χ3n) is 12.7. The number of Topliss-reactive ketones (excluding diaryl/α,β-unsaturated/α-hetero) is 4. The number of imide groups is 1. The van der Waals surface area contributed by atoms with Gasteiger partial charge < -0.3 is 52.1 Å². The minimum absolute atomic E-state index is 0.0530. The zero-order valence-electron chi connectivity index (χ0n) is 38.6. The van der Waals surface area contributed by atoms with Crippen molar-refractivity contribution in [3.63, 3.8) is 0 Å². The predicted octanol–water partition coefficient (Wildman–Crippen LogP) is 1.98. The van der Waals surface area contributed by atoms with Gasteiger partial charge >= 0.3 is 38.1 Å². The molecule has 2 saturated heterocycles. The molecule has 2 unspecified atom stereocenters. The van der Waals surface area contributed by atoms with Crippen LogP contribution in [0, 0.1) is 5.92 Å². The first-order chi connectivity index (χ1) is 33.8. The number of hydrogen-bond donors (Lipinski definition) is 8. The van der Waals surface area contributed by atoms with E-state index in [2.05, 4.69) is 20.6 Å². The minimum atomic E-state index is -1.39. The van der Waals surface area contributed by atoms with Gasteiger partial charge in [-0.15, -0.1) is 22.7 Å². The first kappa shape index (κ1) is 52.1. The zero-order valence-corrected chi connectivity index (χ0v) is 40.3. The van der Waals surface area contributed by atoms with Crippen LogP contribution in [0.25, 0.3) is 0 Å². The number of nitrogens with one attached hydrogen (secondary N) is 2. The molecule has 71 heavy (non-hydrogen) atoms. The van der Waals surface area contributed by atoms with Gasteiger partial charge in [0.2, 0.25) is 0 Å². The van der Waals surface area contributed by atoms with Gasteiger partial charge in [-0.1, -0.05) is 24.3 Å². The molecule has 6 heterocycles. The second kappa shape index (κ2) is 22.5. The molecular formula is C44H52B2N10O13S2. The van der Waals surface area contributed by atoms with E-state index in [0.29, 0.717) is 70.1 Å². The highest BCUT2D eigenvalue weighted by Gasteiger charge is 2.43. The Morgan fingerprint density at radius 3 is 1.62 bits per heavy atom. The number of rotatable bonds is 13. The second-order valence-electron chi connectivity index (χ2n) is 17.5. The highest BCUT2D eigenvalue weighted by molar-refractivity contribution is 7.13. The van der Waals surface area contributed by atoms with E-state index < -0.39 is 61.6 Å². The van der Waals surface area contributed by atoms with E-state index >= 15 is 0 Å². The number of fused-ring (bicyclic) bond motifs is 2. The van der Waals surface area contributed by atoms with E-state index in [1.54, 1.807) is 40.6 Å². The molecule has 0 bridgehead atoms. The highest BCUT2D eigenvalue weighted by atomic mass is 32.1. The van der Waals surface area contributed by atoms with Crippen LogP contribution >= 0.6 is 22.7 Å². The number of nitrogen functional groups attached to an aromatic ring is 2. The van der Waals surface area contributed by atoms with E-state index in [1.165, 1.54) is 30.6 Å².